The first kappa shape index (κ1) is 11.7. The third-order valence-corrected chi connectivity index (χ3v) is 2.71. The van der Waals surface area contributed by atoms with Crippen molar-refractivity contribution in [2.24, 2.45) is 10.9 Å². The average molecular weight is 226 g/mol. The van der Waals surface area contributed by atoms with E-state index < -0.39 is 0 Å². The molecule has 0 unspecified atom stereocenters. The van der Waals surface area contributed by atoms with Crippen molar-refractivity contribution in [3.63, 3.8) is 0 Å². The van der Waals surface area contributed by atoms with Gasteiger partial charge in [0.2, 0.25) is 0 Å². The van der Waals surface area contributed by atoms with Crippen LogP contribution >= 0.6 is 11.8 Å². The molecule has 0 saturated carbocycles. The van der Waals surface area contributed by atoms with Crippen molar-refractivity contribution >= 4 is 18.0 Å². The Balaban J connectivity index is 3.27. The Labute approximate surface area is 93.4 Å². The van der Waals surface area contributed by atoms with Crippen LogP contribution in [-0.4, -0.2) is 26.7 Å². The summed E-state index contributed by atoms with van der Waals surface area (Å²) in [6, 6.07) is 3.75. The van der Waals surface area contributed by atoms with Gasteiger partial charge < -0.3 is 15.3 Å². The topological polar surface area (TPSA) is 56.8 Å². The van der Waals surface area contributed by atoms with Crippen LogP contribution in [0.25, 0.3) is 0 Å². The van der Waals surface area contributed by atoms with Gasteiger partial charge in [0.1, 0.15) is 11.5 Å². The monoisotopic (exact) mass is 226 g/mol. The molecule has 4 nitrogen and oxygen atoms in total. The minimum atomic E-state index is 0.731. The molecule has 1 aromatic rings. The van der Waals surface area contributed by atoms with Gasteiger partial charge in [-0.2, -0.15) is 5.10 Å². The van der Waals surface area contributed by atoms with Crippen LogP contribution in [0.15, 0.2) is 22.1 Å². The molecule has 0 fully saturated rings. The van der Waals surface area contributed by atoms with Gasteiger partial charge in [0.05, 0.1) is 25.3 Å². The molecule has 0 bridgehead atoms. The van der Waals surface area contributed by atoms with E-state index in [9.17, 15) is 0 Å². The number of ether oxygens (including phenoxy) is 2. The van der Waals surface area contributed by atoms with Crippen molar-refractivity contribution in [3.8, 4) is 11.5 Å². The molecule has 1 aromatic carbocycles. The summed E-state index contributed by atoms with van der Waals surface area (Å²) in [6.45, 7) is 0. The van der Waals surface area contributed by atoms with E-state index in [0.717, 1.165) is 22.0 Å². The first-order chi connectivity index (χ1) is 7.26. The van der Waals surface area contributed by atoms with Crippen LogP contribution in [0.3, 0.4) is 0 Å². The molecule has 15 heavy (non-hydrogen) atoms. The molecule has 0 radical (unpaired) electrons. The van der Waals surface area contributed by atoms with Crippen molar-refractivity contribution in [1.29, 1.82) is 0 Å². The van der Waals surface area contributed by atoms with Crippen molar-refractivity contribution in [1.82, 2.24) is 0 Å². The molecule has 0 aliphatic heterocycles. The highest BCUT2D eigenvalue weighted by atomic mass is 32.2. The molecule has 0 saturated heterocycles. The predicted octanol–water partition coefficient (Wildman–Crippen LogP) is 1.72. The second-order valence-corrected chi connectivity index (χ2v) is 3.58. The van der Waals surface area contributed by atoms with E-state index in [1.807, 2.05) is 18.4 Å². The number of hydrazone groups is 1. The molecule has 0 aromatic heterocycles. The lowest BCUT2D eigenvalue weighted by molar-refractivity contribution is 0.394. The first-order valence-corrected chi connectivity index (χ1v) is 5.52. The van der Waals surface area contributed by atoms with Crippen molar-refractivity contribution in [2.75, 3.05) is 20.5 Å². The fraction of sp³-hybridized carbons (Fsp3) is 0.300. The van der Waals surface area contributed by atoms with Crippen molar-refractivity contribution in [2.45, 2.75) is 4.90 Å². The molecule has 0 aliphatic rings. The Morgan fingerprint density at radius 3 is 2.40 bits per heavy atom. The van der Waals surface area contributed by atoms with E-state index in [0.29, 0.717) is 0 Å². The average Bonchev–Trinajstić information content (AvgIpc) is 2.28. The summed E-state index contributed by atoms with van der Waals surface area (Å²) in [4.78, 5) is 1.02. The minimum absolute atomic E-state index is 0.731. The maximum absolute atomic E-state index is 5.24. The molecular formula is C10H14N2O2S. The Hall–Kier alpha value is -1.36. The number of rotatable bonds is 4. The maximum Gasteiger partial charge on any atom is 0.133 e. The van der Waals surface area contributed by atoms with Gasteiger partial charge in [0.25, 0.3) is 0 Å². The fourth-order valence-electron chi connectivity index (χ4n) is 1.23. The molecule has 0 atom stereocenters. The Morgan fingerprint density at radius 2 is 1.93 bits per heavy atom. The van der Waals surface area contributed by atoms with Crippen LogP contribution in [-0.2, 0) is 0 Å². The number of hydrogen-bond donors (Lipinski definition) is 1. The number of thioether (sulfide) groups is 1. The summed E-state index contributed by atoms with van der Waals surface area (Å²) in [7, 11) is 3.24. The van der Waals surface area contributed by atoms with Crippen LogP contribution in [0.4, 0.5) is 0 Å². The molecular weight excluding hydrogens is 212 g/mol. The molecule has 1 rings (SSSR count). The van der Waals surface area contributed by atoms with E-state index in [4.69, 9.17) is 15.3 Å². The van der Waals surface area contributed by atoms with E-state index in [1.165, 1.54) is 6.21 Å². The van der Waals surface area contributed by atoms with E-state index >= 15 is 0 Å². The van der Waals surface area contributed by atoms with Gasteiger partial charge in [-0.05, 0) is 18.4 Å². The van der Waals surface area contributed by atoms with Gasteiger partial charge in [0, 0.05) is 5.56 Å². The zero-order chi connectivity index (χ0) is 11.3. The highest BCUT2D eigenvalue weighted by Gasteiger charge is 2.08. The van der Waals surface area contributed by atoms with Crippen molar-refractivity contribution in [3.05, 3.63) is 17.7 Å². The lowest BCUT2D eigenvalue weighted by Crippen LogP contribution is -1.96. The summed E-state index contributed by atoms with van der Waals surface area (Å²) in [6.07, 6.45) is 3.51. The Bertz CT molecular complexity index is 367. The molecule has 0 amide bonds. The number of nitrogens with two attached hydrogens (primary N) is 1. The predicted molar refractivity (Wildman–Crippen MR) is 63.1 cm³/mol. The minimum Gasteiger partial charge on any atom is -0.496 e. The van der Waals surface area contributed by atoms with Crippen LogP contribution in [0.5, 0.6) is 11.5 Å². The van der Waals surface area contributed by atoms with Gasteiger partial charge >= 0.3 is 0 Å². The number of methoxy groups -OCH3 is 2. The standard InChI is InChI=1S/C10H14N2O2S/c1-13-8-5-10(15-3)9(14-2)4-7(8)6-12-11/h4-6H,11H2,1-3H3. The third kappa shape index (κ3) is 2.56. The number of hydrogen-bond acceptors (Lipinski definition) is 5. The zero-order valence-corrected chi connectivity index (χ0v) is 9.80. The Kier molecular flexibility index (Phi) is 4.30. The van der Waals surface area contributed by atoms with Gasteiger partial charge in [0.15, 0.2) is 0 Å². The molecule has 0 heterocycles. The smallest absolute Gasteiger partial charge is 0.133 e. The molecule has 2 N–H and O–H groups in total. The van der Waals surface area contributed by atoms with E-state index in [2.05, 4.69) is 5.10 Å². The first-order valence-electron chi connectivity index (χ1n) is 4.30. The fourth-order valence-corrected chi connectivity index (χ4v) is 1.80. The normalized spacial score (nSPS) is 10.6. The summed E-state index contributed by atoms with van der Waals surface area (Å²) < 4.78 is 10.5. The highest BCUT2D eigenvalue weighted by Crippen LogP contribution is 2.33. The maximum atomic E-state index is 5.24. The summed E-state index contributed by atoms with van der Waals surface area (Å²) in [5, 5.41) is 3.48. The molecule has 0 aliphatic carbocycles. The van der Waals surface area contributed by atoms with Crippen molar-refractivity contribution < 1.29 is 9.47 Å². The Morgan fingerprint density at radius 1 is 1.27 bits per heavy atom. The lowest BCUT2D eigenvalue weighted by Gasteiger charge is -2.10. The molecule has 5 heteroatoms. The van der Waals surface area contributed by atoms with Crippen LogP contribution in [0.1, 0.15) is 5.56 Å². The SMILES string of the molecule is COc1cc(SC)c(OC)cc1C=NN. The lowest BCUT2D eigenvalue weighted by atomic mass is 10.2. The molecule has 82 valence electrons. The number of benzene rings is 1. The summed E-state index contributed by atoms with van der Waals surface area (Å²) >= 11 is 1.60. The van der Waals surface area contributed by atoms with E-state index in [-0.39, 0.29) is 0 Å². The van der Waals surface area contributed by atoms with Gasteiger partial charge in [-0.1, -0.05) is 0 Å². The van der Waals surface area contributed by atoms with Gasteiger partial charge in [-0.15, -0.1) is 11.8 Å². The summed E-state index contributed by atoms with van der Waals surface area (Å²) in [5.41, 5.74) is 0.801. The van der Waals surface area contributed by atoms with Crippen LogP contribution < -0.4 is 15.3 Å². The zero-order valence-electron chi connectivity index (χ0n) is 8.98. The third-order valence-electron chi connectivity index (χ3n) is 1.95. The molecule has 0 spiro atoms. The quantitative estimate of drug-likeness (QED) is 0.367. The summed E-state index contributed by atoms with van der Waals surface area (Å²) in [5.74, 6) is 6.63. The van der Waals surface area contributed by atoms with E-state index in [1.54, 1.807) is 26.0 Å². The second kappa shape index (κ2) is 5.50. The van der Waals surface area contributed by atoms with Gasteiger partial charge in [-0.3, -0.25) is 0 Å². The highest BCUT2D eigenvalue weighted by molar-refractivity contribution is 7.98. The van der Waals surface area contributed by atoms with Crippen LogP contribution in [0.2, 0.25) is 0 Å². The van der Waals surface area contributed by atoms with Gasteiger partial charge in [-0.25, -0.2) is 0 Å². The van der Waals surface area contributed by atoms with Crippen LogP contribution in [0, 0.1) is 0 Å². The second-order valence-electron chi connectivity index (χ2n) is 2.73. The number of nitrogens with zero attached hydrogens (tertiary/aromatic N) is 1. The largest absolute Gasteiger partial charge is 0.496 e.